The summed E-state index contributed by atoms with van der Waals surface area (Å²) in [6.07, 6.45) is 3.62. The lowest BCUT2D eigenvalue weighted by Crippen LogP contribution is -2.32. The first-order valence-corrected chi connectivity index (χ1v) is 7.77. The first-order valence-electron chi connectivity index (χ1n) is 5.84. The van der Waals surface area contributed by atoms with E-state index in [2.05, 4.69) is 14.3 Å². The fraction of sp³-hybridized carbons (Fsp3) is 0.333. The highest BCUT2D eigenvalue weighted by molar-refractivity contribution is 7.99. The van der Waals surface area contributed by atoms with Crippen LogP contribution in [0.5, 0.6) is 0 Å². The Hall–Kier alpha value is -1.27. The van der Waals surface area contributed by atoms with Gasteiger partial charge in [0.25, 0.3) is 0 Å². The summed E-state index contributed by atoms with van der Waals surface area (Å²) >= 11 is 3.49. The molecule has 94 valence electrons. The molecule has 1 aliphatic rings. The Kier molecular flexibility index (Phi) is 3.38. The lowest BCUT2D eigenvalue weighted by Gasteiger charge is -2.27. The summed E-state index contributed by atoms with van der Waals surface area (Å²) in [6, 6.07) is 3.97. The smallest absolute Gasteiger partial charge is 0.147 e. The molecule has 2 aromatic heterocycles. The van der Waals surface area contributed by atoms with Crippen molar-refractivity contribution in [2.24, 2.45) is 0 Å². The molecule has 3 heterocycles. The monoisotopic (exact) mass is 278 g/mol. The van der Waals surface area contributed by atoms with E-state index in [1.165, 1.54) is 28.0 Å². The molecule has 2 N–H and O–H groups in total. The van der Waals surface area contributed by atoms with Gasteiger partial charge in [0, 0.05) is 42.6 Å². The molecule has 1 saturated heterocycles. The molecule has 18 heavy (non-hydrogen) atoms. The second kappa shape index (κ2) is 5.16. The van der Waals surface area contributed by atoms with E-state index in [0.717, 1.165) is 24.2 Å². The van der Waals surface area contributed by atoms with E-state index >= 15 is 0 Å². The van der Waals surface area contributed by atoms with Crippen molar-refractivity contribution in [1.29, 1.82) is 0 Å². The van der Waals surface area contributed by atoms with Crippen LogP contribution in [0.1, 0.15) is 0 Å². The Bertz CT molecular complexity index is 520. The molecule has 0 spiro atoms. The summed E-state index contributed by atoms with van der Waals surface area (Å²) in [5.74, 6) is 2.95. The second-order valence-corrected chi connectivity index (χ2v) is 6.07. The van der Waals surface area contributed by atoms with Gasteiger partial charge in [-0.3, -0.25) is 4.98 Å². The van der Waals surface area contributed by atoms with Crippen molar-refractivity contribution < 1.29 is 0 Å². The lowest BCUT2D eigenvalue weighted by atomic mass is 10.1. The maximum absolute atomic E-state index is 6.02. The minimum Gasteiger partial charge on any atom is -0.382 e. The molecule has 1 aliphatic heterocycles. The topological polar surface area (TPSA) is 55.0 Å². The zero-order chi connectivity index (χ0) is 12.4. The van der Waals surface area contributed by atoms with Gasteiger partial charge < -0.3 is 10.6 Å². The van der Waals surface area contributed by atoms with Gasteiger partial charge in [0.15, 0.2) is 0 Å². The van der Waals surface area contributed by atoms with Crippen molar-refractivity contribution in [1.82, 2.24) is 9.36 Å². The van der Waals surface area contributed by atoms with E-state index in [-0.39, 0.29) is 0 Å². The third-order valence-corrected chi connectivity index (χ3v) is 4.81. The van der Waals surface area contributed by atoms with Crippen molar-refractivity contribution in [3.8, 4) is 11.1 Å². The maximum Gasteiger partial charge on any atom is 0.147 e. The number of pyridine rings is 1. The molecule has 3 rings (SSSR count). The molecule has 0 atom stereocenters. The maximum atomic E-state index is 6.02. The van der Waals surface area contributed by atoms with Crippen LogP contribution in [-0.4, -0.2) is 34.0 Å². The molecule has 1 fully saturated rings. The number of aromatic nitrogens is 2. The number of anilines is 2. The van der Waals surface area contributed by atoms with E-state index in [4.69, 9.17) is 5.73 Å². The van der Waals surface area contributed by atoms with Crippen LogP contribution in [-0.2, 0) is 0 Å². The van der Waals surface area contributed by atoms with Gasteiger partial charge in [0.05, 0.1) is 5.56 Å². The van der Waals surface area contributed by atoms with Crippen LogP contribution in [0.25, 0.3) is 11.1 Å². The van der Waals surface area contributed by atoms with Crippen molar-refractivity contribution in [3.05, 3.63) is 24.5 Å². The quantitative estimate of drug-likeness (QED) is 0.914. The van der Waals surface area contributed by atoms with Gasteiger partial charge in [0.2, 0.25) is 0 Å². The molecule has 4 nitrogen and oxygen atoms in total. The standard InChI is InChI=1S/C12H14N4S2/c13-11-10(9-2-1-3-14-8-9)12(18-15-11)16-4-6-17-7-5-16/h1-3,8H,4-7H2,(H2,13,15). The fourth-order valence-corrected chi connectivity index (χ4v) is 3.85. The van der Waals surface area contributed by atoms with Gasteiger partial charge in [-0.05, 0) is 17.6 Å². The highest BCUT2D eigenvalue weighted by Crippen LogP contribution is 2.39. The van der Waals surface area contributed by atoms with Crippen LogP contribution >= 0.6 is 23.3 Å². The number of hydrogen-bond acceptors (Lipinski definition) is 6. The zero-order valence-corrected chi connectivity index (χ0v) is 11.5. The molecule has 0 radical (unpaired) electrons. The summed E-state index contributed by atoms with van der Waals surface area (Å²) in [5.41, 5.74) is 8.11. The molecular weight excluding hydrogens is 264 g/mol. The van der Waals surface area contributed by atoms with E-state index < -0.39 is 0 Å². The highest BCUT2D eigenvalue weighted by atomic mass is 32.2. The molecule has 0 amide bonds. The van der Waals surface area contributed by atoms with Crippen LogP contribution < -0.4 is 10.6 Å². The highest BCUT2D eigenvalue weighted by Gasteiger charge is 2.20. The van der Waals surface area contributed by atoms with Gasteiger partial charge in [-0.15, -0.1) is 0 Å². The van der Waals surface area contributed by atoms with Crippen molar-refractivity contribution in [2.45, 2.75) is 0 Å². The van der Waals surface area contributed by atoms with E-state index in [1.54, 1.807) is 6.20 Å². The number of hydrogen-bond donors (Lipinski definition) is 1. The van der Waals surface area contributed by atoms with E-state index in [9.17, 15) is 0 Å². The van der Waals surface area contributed by atoms with Crippen LogP contribution in [0.3, 0.4) is 0 Å². The van der Waals surface area contributed by atoms with Crippen molar-refractivity contribution in [2.75, 3.05) is 35.2 Å². The predicted molar refractivity (Wildman–Crippen MR) is 79.3 cm³/mol. The zero-order valence-electron chi connectivity index (χ0n) is 9.87. The van der Waals surface area contributed by atoms with Crippen LogP contribution in [0.4, 0.5) is 10.8 Å². The van der Waals surface area contributed by atoms with Gasteiger partial charge in [-0.25, -0.2) is 0 Å². The number of nitrogen functional groups attached to an aromatic ring is 1. The average molecular weight is 278 g/mol. The number of nitrogens with two attached hydrogens (primary N) is 1. The molecule has 0 bridgehead atoms. The number of nitrogens with zero attached hydrogens (tertiary/aromatic N) is 3. The molecule has 0 unspecified atom stereocenters. The third-order valence-electron chi connectivity index (χ3n) is 2.95. The molecule has 2 aromatic rings. The molecular formula is C12H14N4S2. The third kappa shape index (κ3) is 2.18. The largest absolute Gasteiger partial charge is 0.382 e. The van der Waals surface area contributed by atoms with Crippen LogP contribution in [0, 0.1) is 0 Å². The Morgan fingerprint density at radius 1 is 1.28 bits per heavy atom. The van der Waals surface area contributed by atoms with Crippen LogP contribution in [0.15, 0.2) is 24.5 Å². The molecule has 0 aromatic carbocycles. The van der Waals surface area contributed by atoms with Gasteiger partial charge in [-0.1, -0.05) is 6.07 Å². The van der Waals surface area contributed by atoms with Gasteiger partial charge in [0.1, 0.15) is 10.8 Å². The molecule has 6 heteroatoms. The minimum atomic E-state index is 0.612. The van der Waals surface area contributed by atoms with E-state index in [1.807, 2.05) is 30.1 Å². The summed E-state index contributed by atoms with van der Waals surface area (Å²) in [7, 11) is 0. The Labute approximate surface area is 114 Å². The second-order valence-electron chi connectivity index (χ2n) is 4.09. The number of thioether (sulfide) groups is 1. The first-order chi connectivity index (χ1) is 8.86. The average Bonchev–Trinajstić information content (AvgIpc) is 2.83. The normalized spacial score (nSPS) is 15.9. The Balaban J connectivity index is 2.01. The van der Waals surface area contributed by atoms with Crippen molar-refractivity contribution >= 4 is 34.1 Å². The molecule has 0 saturated carbocycles. The van der Waals surface area contributed by atoms with Gasteiger partial charge >= 0.3 is 0 Å². The minimum absolute atomic E-state index is 0.612. The van der Waals surface area contributed by atoms with Crippen LogP contribution in [0.2, 0.25) is 0 Å². The summed E-state index contributed by atoms with van der Waals surface area (Å²) in [5, 5.41) is 1.18. The summed E-state index contributed by atoms with van der Waals surface area (Å²) in [6.45, 7) is 2.14. The van der Waals surface area contributed by atoms with Gasteiger partial charge in [-0.2, -0.15) is 16.1 Å². The number of rotatable bonds is 2. The molecule has 0 aliphatic carbocycles. The Morgan fingerprint density at radius 2 is 2.11 bits per heavy atom. The lowest BCUT2D eigenvalue weighted by molar-refractivity contribution is 0.869. The van der Waals surface area contributed by atoms with E-state index in [0.29, 0.717) is 5.82 Å². The fourth-order valence-electron chi connectivity index (χ4n) is 2.06. The first kappa shape index (κ1) is 11.8. The summed E-state index contributed by atoms with van der Waals surface area (Å²) in [4.78, 5) is 6.55. The predicted octanol–water partition coefficient (Wildman–Crippen LogP) is 2.34. The summed E-state index contributed by atoms with van der Waals surface area (Å²) < 4.78 is 4.31. The SMILES string of the molecule is Nc1nsc(N2CCSCC2)c1-c1cccnc1. The van der Waals surface area contributed by atoms with Crippen molar-refractivity contribution in [3.63, 3.8) is 0 Å². The Morgan fingerprint density at radius 3 is 2.83 bits per heavy atom.